The molecule has 36 heavy (non-hydrogen) atoms. The second-order valence-corrected chi connectivity index (χ2v) is 8.49. The summed E-state index contributed by atoms with van der Waals surface area (Å²) in [5.74, 6) is -0.0400. The summed E-state index contributed by atoms with van der Waals surface area (Å²) in [6, 6.07) is 12.9. The third kappa shape index (κ3) is 5.01. The predicted octanol–water partition coefficient (Wildman–Crippen LogP) is 3.79. The van der Waals surface area contributed by atoms with Crippen molar-refractivity contribution in [2.24, 2.45) is 0 Å². The molecule has 9 heteroatoms. The van der Waals surface area contributed by atoms with Crippen LogP contribution in [0.1, 0.15) is 23.7 Å². The van der Waals surface area contributed by atoms with E-state index in [4.69, 9.17) is 9.47 Å². The Hall–Kier alpha value is -3.98. The molecular weight excluding hydrogens is 461 g/mol. The Labute approximate surface area is 208 Å². The Morgan fingerprint density at radius 2 is 1.92 bits per heavy atom. The fourth-order valence-electron chi connectivity index (χ4n) is 4.45. The summed E-state index contributed by atoms with van der Waals surface area (Å²) < 4.78 is 26.0. The van der Waals surface area contributed by atoms with Crippen molar-refractivity contribution in [1.29, 1.82) is 0 Å². The van der Waals surface area contributed by atoms with Crippen LogP contribution in [0.15, 0.2) is 48.8 Å². The van der Waals surface area contributed by atoms with Gasteiger partial charge in [0.2, 0.25) is 5.88 Å². The summed E-state index contributed by atoms with van der Waals surface area (Å²) in [6.07, 6.45) is 3.29. The minimum atomic E-state index is -0.323. The second-order valence-electron chi connectivity index (χ2n) is 8.49. The first kappa shape index (κ1) is 23.7. The van der Waals surface area contributed by atoms with E-state index in [9.17, 15) is 4.79 Å². The highest BCUT2D eigenvalue weighted by molar-refractivity contribution is 5.94. The van der Waals surface area contributed by atoms with Crippen molar-refractivity contribution in [2.45, 2.75) is 19.8 Å². The van der Waals surface area contributed by atoms with Crippen molar-refractivity contribution in [3.05, 3.63) is 71.4 Å². The molecular formula is C27H26FN5O3. The number of carbonyl (C=O) groups is 1. The molecule has 184 valence electrons. The number of aromatic nitrogens is 4. The van der Waals surface area contributed by atoms with Crippen LogP contribution in [0.3, 0.4) is 0 Å². The predicted molar refractivity (Wildman–Crippen MR) is 134 cm³/mol. The first-order valence-corrected chi connectivity index (χ1v) is 11.9. The fraction of sp³-hybridized carbons (Fsp3) is 0.296. The monoisotopic (exact) mass is 487 g/mol. The maximum absolute atomic E-state index is 15.4. The first-order chi connectivity index (χ1) is 17.7. The van der Waals surface area contributed by atoms with E-state index in [1.165, 1.54) is 6.33 Å². The molecule has 1 saturated heterocycles. The standard InChI is InChI=1S/C27H26FN5O3/c1-2-18-15-24(28)23(14-19(18)13-20-3-6-26(32-31-20)36-12-9-34)27-22-5-4-21(16-25(22)29-17-30-27)33-7-10-35-11-8-33/h3-6,9,14-17H,2,7-8,10-13H2,1H3. The molecule has 0 atom stereocenters. The summed E-state index contributed by atoms with van der Waals surface area (Å²) >= 11 is 0. The molecule has 0 spiro atoms. The van der Waals surface area contributed by atoms with Crippen molar-refractivity contribution in [2.75, 3.05) is 37.8 Å². The highest BCUT2D eigenvalue weighted by Crippen LogP contribution is 2.32. The van der Waals surface area contributed by atoms with Gasteiger partial charge in [-0.1, -0.05) is 6.92 Å². The topological polar surface area (TPSA) is 90.3 Å². The normalized spacial score (nSPS) is 13.7. The average molecular weight is 488 g/mol. The molecule has 1 aliphatic rings. The second kappa shape index (κ2) is 10.7. The number of hydrogen-bond donors (Lipinski definition) is 0. The summed E-state index contributed by atoms with van der Waals surface area (Å²) in [4.78, 5) is 21.7. The lowest BCUT2D eigenvalue weighted by molar-refractivity contribution is -0.109. The lowest BCUT2D eigenvalue weighted by Crippen LogP contribution is -2.36. The van der Waals surface area contributed by atoms with E-state index < -0.39 is 0 Å². The molecule has 0 unspecified atom stereocenters. The molecule has 0 N–H and O–H groups in total. The van der Waals surface area contributed by atoms with Crippen LogP contribution >= 0.6 is 0 Å². The van der Waals surface area contributed by atoms with Gasteiger partial charge in [0.05, 0.1) is 30.1 Å². The van der Waals surface area contributed by atoms with Gasteiger partial charge < -0.3 is 14.4 Å². The van der Waals surface area contributed by atoms with Gasteiger partial charge in [-0.05, 0) is 53.9 Å². The molecule has 0 amide bonds. The van der Waals surface area contributed by atoms with E-state index in [2.05, 4.69) is 25.1 Å². The molecule has 8 nitrogen and oxygen atoms in total. The highest BCUT2D eigenvalue weighted by atomic mass is 19.1. The number of fused-ring (bicyclic) bond motifs is 1. The number of anilines is 1. The number of rotatable bonds is 8. The molecule has 2 aromatic carbocycles. The number of halogens is 1. The third-order valence-corrected chi connectivity index (χ3v) is 6.29. The van der Waals surface area contributed by atoms with Crippen molar-refractivity contribution in [3.8, 4) is 17.1 Å². The van der Waals surface area contributed by atoms with Crippen LogP contribution in [0.25, 0.3) is 22.2 Å². The molecule has 1 aliphatic heterocycles. The molecule has 0 bridgehead atoms. The van der Waals surface area contributed by atoms with E-state index in [1.54, 1.807) is 18.2 Å². The van der Waals surface area contributed by atoms with Gasteiger partial charge in [-0.15, -0.1) is 5.10 Å². The van der Waals surface area contributed by atoms with Gasteiger partial charge in [-0.25, -0.2) is 14.4 Å². The molecule has 2 aromatic heterocycles. The largest absolute Gasteiger partial charge is 0.469 e. The number of aldehydes is 1. The van der Waals surface area contributed by atoms with Crippen LogP contribution < -0.4 is 9.64 Å². The minimum absolute atomic E-state index is 0.0733. The number of nitrogens with zero attached hydrogens (tertiary/aromatic N) is 5. The number of carbonyl (C=O) groups excluding carboxylic acids is 1. The van der Waals surface area contributed by atoms with Crippen molar-refractivity contribution < 1.29 is 18.7 Å². The zero-order valence-electron chi connectivity index (χ0n) is 20.0. The molecule has 1 fully saturated rings. The summed E-state index contributed by atoms with van der Waals surface area (Å²) in [6.45, 7) is 4.97. The number of ether oxygens (including phenoxy) is 2. The van der Waals surface area contributed by atoms with Gasteiger partial charge >= 0.3 is 0 Å². The van der Waals surface area contributed by atoms with Crippen molar-refractivity contribution >= 4 is 22.9 Å². The summed E-state index contributed by atoms with van der Waals surface area (Å²) in [5.41, 5.74) is 5.36. The van der Waals surface area contributed by atoms with E-state index in [-0.39, 0.29) is 18.3 Å². The Kier molecular flexibility index (Phi) is 7.08. The zero-order chi connectivity index (χ0) is 24.9. The molecule has 0 radical (unpaired) electrons. The summed E-state index contributed by atoms with van der Waals surface area (Å²) in [5, 5.41) is 9.02. The van der Waals surface area contributed by atoms with Gasteiger partial charge in [0.15, 0.2) is 6.29 Å². The van der Waals surface area contributed by atoms with Gasteiger partial charge in [-0.2, -0.15) is 5.10 Å². The molecule has 0 aliphatic carbocycles. The Bertz CT molecular complexity index is 1370. The Balaban J connectivity index is 1.49. The number of hydrogen-bond acceptors (Lipinski definition) is 8. The van der Waals surface area contributed by atoms with E-state index >= 15 is 4.39 Å². The lowest BCUT2D eigenvalue weighted by atomic mass is 9.95. The van der Waals surface area contributed by atoms with E-state index in [1.807, 2.05) is 31.2 Å². The average Bonchev–Trinajstić information content (AvgIpc) is 2.93. The van der Waals surface area contributed by atoms with Gasteiger partial charge in [0, 0.05) is 42.2 Å². The Morgan fingerprint density at radius 1 is 1.06 bits per heavy atom. The fourth-order valence-corrected chi connectivity index (χ4v) is 4.45. The van der Waals surface area contributed by atoms with Crippen LogP contribution in [0.5, 0.6) is 5.88 Å². The maximum Gasteiger partial charge on any atom is 0.233 e. The SMILES string of the molecule is CCc1cc(F)c(-c2ncnc3cc(N4CCOCC4)ccc23)cc1Cc1ccc(OCC=O)nn1. The number of aryl methyl sites for hydroxylation is 1. The number of benzene rings is 2. The lowest BCUT2D eigenvalue weighted by Gasteiger charge is -2.29. The van der Waals surface area contributed by atoms with E-state index in [0.717, 1.165) is 40.8 Å². The van der Waals surface area contributed by atoms with Crippen molar-refractivity contribution in [3.63, 3.8) is 0 Å². The Morgan fingerprint density at radius 3 is 2.67 bits per heavy atom. The molecule has 3 heterocycles. The van der Waals surface area contributed by atoms with Crippen LogP contribution in [-0.2, 0) is 22.4 Å². The van der Waals surface area contributed by atoms with E-state index in [0.29, 0.717) is 49.3 Å². The van der Waals surface area contributed by atoms with Crippen LogP contribution in [0.4, 0.5) is 10.1 Å². The third-order valence-electron chi connectivity index (χ3n) is 6.29. The number of morpholine rings is 1. The molecule has 0 saturated carbocycles. The van der Waals surface area contributed by atoms with Gasteiger partial charge in [0.25, 0.3) is 0 Å². The quantitative estimate of drug-likeness (QED) is 0.347. The van der Waals surface area contributed by atoms with Crippen LogP contribution in [0, 0.1) is 5.82 Å². The minimum Gasteiger partial charge on any atom is -0.469 e. The van der Waals surface area contributed by atoms with Gasteiger partial charge in [-0.3, -0.25) is 4.79 Å². The highest BCUT2D eigenvalue weighted by Gasteiger charge is 2.17. The molecule has 5 rings (SSSR count). The van der Waals surface area contributed by atoms with Gasteiger partial charge in [0.1, 0.15) is 18.8 Å². The van der Waals surface area contributed by atoms with Crippen LogP contribution in [0.2, 0.25) is 0 Å². The van der Waals surface area contributed by atoms with Crippen molar-refractivity contribution in [1.82, 2.24) is 20.2 Å². The first-order valence-electron chi connectivity index (χ1n) is 11.9. The smallest absolute Gasteiger partial charge is 0.233 e. The maximum atomic E-state index is 15.4. The molecule has 4 aromatic rings. The van der Waals surface area contributed by atoms with Crippen LogP contribution in [-0.4, -0.2) is 59.4 Å². The zero-order valence-corrected chi connectivity index (χ0v) is 20.0. The summed E-state index contributed by atoms with van der Waals surface area (Å²) in [7, 11) is 0.